The fourth-order valence-electron chi connectivity index (χ4n) is 2.42. The predicted molar refractivity (Wildman–Crippen MR) is 91.6 cm³/mol. The van der Waals surface area contributed by atoms with Gasteiger partial charge >= 0.3 is 0 Å². The summed E-state index contributed by atoms with van der Waals surface area (Å²) in [6.45, 7) is 0.522. The third-order valence-electron chi connectivity index (χ3n) is 3.54. The molecule has 4 heteroatoms. The van der Waals surface area contributed by atoms with E-state index in [0.29, 0.717) is 23.7 Å². The number of carbonyl (C=O) groups is 1. The van der Waals surface area contributed by atoms with Crippen molar-refractivity contribution in [3.63, 3.8) is 0 Å². The lowest BCUT2D eigenvalue weighted by Crippen LogP contribution is -2.25. The Morgan fingerprint density at radius 2 is 1.87 bits per heavy atom. The van der Waals surface area contributed by atoms with Crippen molar-refractivity contribution in [2.45, 2.75) is 6.42 Å². The van der Waals surface area contributed by atoms with E-state index >= 15 is 0 Å². The molecule has 23 heavy (non-hydrogen) atoms. The Hall–Kier alpha value is -2.52. The molecule has 3 aromatic rings. The van der Waals surface area contributed by atoms with Crippen molar-refractivity contribution < 1.29 is 9.21 Å². The van der Waals surface area contributed by atoms with Crippen molar-refractivity contribution >= 4 is 17.5 Å². The van der Waals surface area contributed by atoms with E-state index in [0.717, 1.165) is 16.7 Å². The number of halogens is 1. The molecule has 116 valence electrons. The second-order valence-electron chi connectivity index (χ2n) is 5.17. The highest BCUT2D eigenvalue weighted by atomic mass is 35.5. The molecule has 1 N–H and O–H groups in total. The summed E-state index contributed by atoms with van der Waals surface area (Å²) in [5.74, 6) is 0.123. The number of furan rings is 1. The second kappa shape index (κ2) is 7.16. The lowest BCUT2D eigenvalue weighted by molar-refractivity contribution is 0.0927. The van der Waals surface area contributed by atoms with Crippen LogP contribution in [0.15, 0.2) is 71.3 Å². The number of rotatable bonds is 5. The second-order valence-corrected chi connectivity index (χ2v) is 5.60. The number of benzene rings is 2. The van der Waals surface area contributed by atoms with Crippen molar-refractivity contribution in [1.82, 2.24) is 5.32 Å². The lowest BCUT2D eigenvalue weighted by atomic mass is 10.1. The smallest absolute Gasteiger partial charge is 0.287 e. The Bertz CT molecular complexity index is 796. The summed E-state index contributed by atoms with van der Waals surface area (Å²) in [7, 11) is 0. The van der Waals surface area contributed by atoms with E-state index in [1.54, 1.807) is 6.07 Å². The first-order valence-corrected chi connectivity index (χ1v) is 7.77. The van der Waals surface area contributed by atoms with Gasteiger partial charge in [0.1, 0.15) is 0 Å². The van der Waals surface area contributed by atoms with Crippen LogP contribution in [0, 0.1) is 0 Å². The molecule has 0 aliphatic carbocycles. The maximum absolute atomic E-state index is 12.3. The molecule has 0 bridgehead atoms. The Balaban J connectivity index is 1.64. The molecular formula is C19H16ClNO2. The van der Waals surface area contributed by atoms with Gasteiger partial charge in [0, 0.05) is 17.1 Å². The van der Waals surface area contributed by atoms with Gasteiger partial charge in [0.15, 0.2) is 5.76 Å². The Morgan fingerprint density at radius 1 is 1.04 bits per heavy atom. The standard InChI is InChI=1S/C19H16ClNO2/c20-16-8-4-5-14(13-16)9-11-21-19(22)18-17(10-12-23-18)15-6-2-1-3-7-15/h1-8,10,12-13H,9,11H2,(H,21,22). The molecule has 0 aliphatic rings. The van der Waals surface area contributed by atoms with Crippen LogP contribution < -0.4 is 5.32 Å². The SMILES string of the molecule is O=C(NCCc1cccc(Cl)c1)c1occc1-c1ccccc1. The first kappa shape index (κ1) is 15.4. The molecule has 1 aromatic heterocycles. The monoisotopic (exact) mass is 325 g/mol. The third kappa shape index (κ3) is 3.82. The molecule has 0 radical (unpaired) electrons. The zero-order valence-corrected chi connectivity index (χ0v) is 13.2. The van der Waals surface area contributed by atoms with E-state index in [-0.39, 0.29) is 5.91 Å². The highest BCUT2D eigenvalue weighted by Gasteiger charge is 2.16. The van der Waals surface area contributed by atoms with Crippen LogP contribution in [-0.4, -0.2) is 12.5 Å². The summed E-state index contributed by atoms with van der Waals surface area (Å²) < 4.78 is 5.37. The topological polar surface area (TPSA) is 42.2 Å². The van der Waals surface area contributed by atoms with Gasteiger partial charge in [-0.05, 0) is 35.7 Å². The first-order valence-electron chi connectivity index (χ1n) is 7.39. The van der Waals surface area contributed by atoms with Gasteiger partial charge in [-0.1, -0.05) is 54.1 Å². The van der Waals surface area contributed by atoms with Crippen LogP contribution in [0.3, 0.4) is 0 Å². The van der Waals surface area contributed by atoms with Gasteiger partial charge in [-0.3, -0.25) is 4.79 Å². The van der Waals surface area contributed by atoms with Crippen molar-refractivity contribution in [3.8, 4) is 11.1 Å². The Kier molecular flexibility index (Phi) is 4.79. The highest BCUT2D eigenvalue weighted by Crippen LogP contribution is 2.24. The zero-order valence-electron chi connectivity index (χ0n) is 12.5. The maximum atomic E-state index is 12.3. The molecule has 1 heterocycles. The molecule has 0 fully saturated rings. The van der Waals surface area contributed by atoms with Crippen LogP contribution in [0.4, 0.5) is 0 Å². The average molecular weight is 326 g/mol. The molecule has 0 saturated heterocycles. The van der Waals surface area contributed by atoms with Gasteiger partial charge in [0.25, 0.3) is 5.91 Å². The normalized spacial score (nSPS) is 10.5. The Labute approximate surface area is 139 Å². The Morgan fingerprint density at radius 3 is 2.65 bits per heavy atom. The van der Waals surface area contributed by atoms with E-state index < -0.39 is 0 Å². The molecule has 0 saturated carbocycles. The molecule has 0 atom stereocenters. The van der Waals surface area contributed by atoms with Gasteiger partial charge in [0.05, 0.1) is 6.26 Å². The quantitative estimate of drug-likeness (QED) is 0.746. The molecule has 0 aliphatic heterocycles. The minimum Gasteiger partial charge on any atom is -0.459 e. The molecular weight excluding hydrogens is 310 g/mol. The van der Waals surface area contributed by atoms with E-state index in [1.165, 1.54) is 6.26 Å². The number of hydrogen-bond acceptors (Lipinski definition) is 2. The molecule has 3 nitrogen and oxygen atoms in total. The predicted octanol–water partition coefficient (Wildman–Crippen LogP) is 4.57. The lowest BCUT2D eigenvalue weighted by Gasteiger charge is -2.06. The van der Waals surface area contributed by atoms with Crippen LogP contribution in [0.5, 0.6) is 0 Å². The largest absolute Gasteiger partial charge is 0.459 e. The van der Waals surface area contributed by atoms with Crippen molar-refractivity contribution in [2.75, 3.05) is 6.54 Å². The van der Waals surface area contributed by atoms with E-state index in [4.69, 9.17) is 16.0 Å². The molecule has 0 unspecified atom stereocenters. The van der Waals surface area contributed by atoms with Crippen molar-refractivity contribution in [1.29, 1.82) is 0 Å². The van der Waals surface area contributed by atoms with E-state index in [2.05, 4.69) is 5.32 Å². The number of nitrogens with one attached hydrogen (secondary N) is 1. The summed E-state index contributed by atoms with van der Waals surface area (Å²) in [6.07, 6.45) is 2.25. The molecule has 0 spiro atoms. The van der Waals surface area contributed by atoms with Crippen molar-refractivity contribution in [2.24, 2.45) is 0 Å². The minimum atomic E-state index is -0.212. The number of hydrogen-bond donors (Lipinski definition) is 1. The fraction of sp³-hybridized carbons (Fsp3) is 0.105. The van der Waals surface area contributed by atoms with Gasteiger partial charge in [-0.15, -0.1) is 0 Å². The van der Waals surface area contributed by atoms with Gasteiger partial charge in [0.2, 0.25) is 0 Å². The van der Waals surface area contributed by atoms with Crippen LogP contribution in [0.1, 0.15) is 16.1 Å². The first-order chi connectivity index (χ1) is 11.2. The highest BCUT2D eigenvalue weighted by molar-refractivity contribution is 6.30. The summed E-state index contributed by atoms with van der Waals surface area (Å²) >= 11 is 5.95. The average Bonchev–Trinajstić information content (AvgIpc) is 3.05. The van der Waals surface area contributed by atoms with Crippen LogP contribution in [0.2, 0.25) is 5.02 Å². The summed E-state index contributed by atoms with van der Waals surface area (Å²) in [4.78, 5) is 12.3. The maximum Gasteiger partial charge on any atom is 0.287 e. The molecule has 3 rings (SSSR count). The van der Waals surface area contributed by atoms with E-state index in [1.807, 2.05) is 54.6 Å². The fourth-order valence-corrected chi connectivity index (χ4v) is 2.64. The number of amides is 1. The van der Waals surface area contributed by atoms with Crippen molar-refractivity contribution in [3.05, 3.63) is 83.3 Å². The summed E-state index contributed by atoms with van der Waals surface area (Å²) in [5.41, 5.74) is 2.84. The number of carbonyl (C=O) groups excluding carboxylic acids is 1. The minimum absolute atomic E-state index is 0.212. The van der Waals surface area contributed by atoms with Gasteiger partial charge in [-0.25, -0.2) is 0 Å². The van der Waals surface area contributed by atoms with Gasteiger partial charge < -0.3 is 9.73 Å². The van der Waals surface area contributed by atoms with Crippen LogP contribution in [-0.2, 0) is 6.42 Å². The zero-order chi connectivity index (χ0) is 16.1. The van der Waals surface area contributed by atoms with Gasteiger partial charge in [-0.2, -0.15) is 0 Å². The summed E-state index contributed by atoms with van der Waals surface area (Å²) in [5, 5.41) is 3.59. The molecule has 2 aromatic carbocycles. The van der Waals surface area contributed by atoms with Crippen LogP contribution >= 0.6 is 11.6 Å². The third-order valence-corrected chi connectivity index (χ3v) is 3.78. The van der Waals surface area contributed by atoms with Crippen LogP contribution in [0.25, 0.3) is 11.1 Å². The summed E-state index contributed by atoms with van der Waals surface area (Å²) in [6, 6.07) is 19.1. The van der Waals surface area contributed by atoms with E-state index in [9.17, 15) is 4.79 Å². The molecule has 1 amide bonds.